The number of nitrogens with zero attached hydrogens (tertiary/aromatic N) is 1. The van der Waals surface area contributed by atoms with E-state index in [9.17, 15) is 5.11 Å². The molecule has 0 aromatic heterocycles. The highest BCUT2D eigenvalue weighted by molar-refractivity contribution is 5.39. The van der Waals surface area contributed by atoms with E-state index in [1.165, 1.54) is 32.1 Å². The molecule has 1 atom stereocenters. The van der Waals surface area contributed by atoms with Gasteiger partial charge in [0.25, 0.3) is 0 Å². The minimum Gasteiger partial charge on any atom is -0.490 e. The SMILES string of the molecule is Cc1cccc(C)c1OCC(O)CN(C)C1CCCCC1. The summed E-state index contributed by atoms with van der Waals surface area (Å²) in [5.74, 6) is 0.914. The number of hydrogen-bond acceptors (Lipinski definition) is 3. The highest BCUT2D eigenvalue weighted by Gasteiger charge is 2.20. The fourth-order valence-electron chi connectivity index (χ4n) is 3.26. The van der Waals surface area contributed by atoms with Crippen molar-refractivity contribution in [2.45, 2.75) is 58.1 Å². The van der Waals surface area contributed by atoms with Gasteiger partial charge < -0.3 is 14.7 Å². The topological polar surface area (TPSA) is 32.7 Å². The third kappa shape index (κ3) is 4.72. The zero-order chi connectivity index (χ0) is 15.2. The lowest BCUT2D eigenvalue weighted by Crippen LogP contribution is -2.40. The maximum atomic E-state index is 10.2. The van der Waals surface area contributed by atoms with Crippen LogP contribution in [0.1, 0.15) is 43.2 Å². The summed E-state index contributed by atoms with van der Waals surface area (Å²) in [5, 5.41) is 10.2. The summed E-state index contributed by atoms with van der Waals surface area (Å²) >= 11 is 0. The van der Waals surface area contributed by atoms with Crippen LogP contribution < -0.4 is 4.74 Å². The highest BCUT2D eigenvalue weighted by Crippen LogP contribution is 2.23. The summed E-state index contributed by atoms with van der Waals surface area (Å²) in [6, 6.07) is 6.75. The van der Waals surface area contributed by atoms with Crippen molar-refractivity contribution in [3.05, 3.63) is 29.3 Å². The molecule has 0 amide bonds. The van der Waals surface area contributed by atoms with Gasteiger partial charge in [0, 0.05) is 12.6 Å². The molecule has 21 heavy (non-hydrogen) atoms. The molecule has 2 rings (SSSR count). The van der Waals surface area contributed by atoms with Crippen molar-refractivity contribution in [2.75, 3.05) is 20.2 Å². The van der Waals surface area contributed by atoms with Gasteiger partial charge in [-0.25, -0.2) is 0 Å². The molecule has 0 heterocycles. The molecule has 0 spiro atoms. The second-order valence-electron chi connectivity index (χ2n) is 6.42. The first-order valence-corrected chi connectivity index (χ1v) is 8.15. The van der Waals surface area contributed by atoms with Crippen molar-refractivity contribution in [2.24, 2.45) is 0 Å². The van der Waals surface area contributed by atoms with Gasteiger partial charge in [-0.05, 0) is 44.9 Å². The molecule has 1 fully saturated rings. The Balaban J connectivity index is 1.80. The van der Waals surface area contributed by atoms with Crippen LogP contribution in [0, 0.1) is 13.8 Å². The van der Waals surface area contributed by atoms with E-state index in [0.29, 0.717) is 19.2 Å². The fourth-order valence-corrected chi connectivity index (χ4v) is 3.26. The maximum Gasteiger partial charge on any atom is 0.125 e. The van der Waals surface area contributed by atoms with Crippen LogP contribution in [0.5, 0.6) is 5.75 Å². The molecule has 1 aliphatic rings. The Kier molecular flexibility index (Phi) is 6.07. The summed E-state index contributed by atoms with van der Waals surface area (Å²) in [4.78, 5) is 2.30. The molecular weight excluding hydrogens is 262 g/mol. The smallest absolute Gasteiger partial charge is 0.125 e. The zero-order valence-corrected chi connectivity index (χ0v) is 13.6. The third-order valence-corrected chi connectivity index (χ3v) is 4.53. The summed E-state index contributed by atoms with van der Waals surface area (Å²) in [5.41, 5.74) is 2.26. The molecule has 0 saturated heterocycles. The van der Waals surface area contributed by atoms with Crippen molar-refractivity contribution in [1.82, 2.24) is 4.90 Å². The molecule has 1 N–H and O–H groups in total. The first-order valence-electron chi connectivity index (χ1n) is 8.15. The molecule has 0 aliphatic heterocycles. The van der Waals surface area contributed by atoms with Gasteiger partial charge in [0.15, 0.2) is 0 Å². The lowest BCUT2D eigenvalue weighted by molar-refractivity contribution is 0.0558. The van der Waals surface area contributed by atoms with Crippen LogP contribution in [0.25, 0.3) is 0 Å². The lowest BCUT2D eigenvalue weighted by atomic mass is 9.94. The van der Waals surface area contributed by atoms with E-state index in [1.807, 2.05) is 32.0 Å². The maximum absolute atomic E-state index is 10.2. The molecule has 1 saturated carbocycles. The molecule has 0 radical (unpaired) electrons. The Morgan fingerprint density at radius 3 is 2.43 bits per heavy atom. The number of aliphatic hydroxyl groups is 1. The average Bonchev–Trinajstić information content (AvgIpc) is 2.47. The van der Waals surface area contributed by atoms with Gasteiger partial charge in [-0.3, -0.25) is 0 Å². The van der Waals surface area contributed by atoms with Gasteiger partial charge in [-0.1, -0.05) is 37.5 Å². The summed E-state index contributed by atoms with van der Waals surface area (Å²) in [6.45, 7) is 5.14. The third-order valence-electron chi connectivity index (χ3n) is 4.53. The van der Waals surface area contributed by atoms with Gasteiger partial charge in [-0.2, -0.15) is 0 Å². The van der Waals surface area contributed by atoms with Crippen molar-refractivity contribution in [3.63, 3.8) is 0 Å². The Morgan fingerprint density at radius 1 is 1.19 bits per heavy atom. The zero-order valence-electron chi connectivity index (χ0n) is 13.6. The van der Waals surface area contributed by atoms with E-state index in [0.717, 1.165) is 16.9 Å². The first-order chi connectivity index (χ1) is 10.1. The number of para-hydroxylation sites is 1. The van der Waals surface area contributed by atoms with E-state index in [-0.39, 0.29) is 0 Å². The van der Waals surface area contributed by atoms with Crippen LogP contribution in [0.2, 0.25) is 0 Å². The molecule has 1 aromatic rings. The quantitative estimate of drug-likeness (QED) is 0.873. The van der Waals surface area contributed by atoms with Crippen LogP contribution in [-0.4, -0.2) is 42.4 Å². The monoisotopic (exact) mass is 291 g/mol. The van der Waals surface area contributed by atoms with Crippen LogP contribution in [0.15, 0.2) is 18.2 Å². The summed E-state index contributed by atoms with van der Waals surface area (Å²) in [6.07, 6.45) is 6.11. The number of likely N-dealkylation sites (N-methyl/N-ethyl adjacent to an activating group) is 1. The molecule has 1 aromatic carbocycles. The van der Waals surface area contributed by atoms with Crippen LogP contribution in [-0.2, 0) is 0 Å². The number of hydrogen-bond donors (Lipinski definition) is 1. The molecule has 3 heteroatoms. The van der Waals surface area contributed by atoms with Crippen molar-refractivity contribution >= 4 is 0 Å². The number of rotatable bonds is 6. The molecular formula is C18H29NO2. The van der Waals surface area contributed by atoms with E-state index in [2.05, 4.69) is 11.9 Å². The van der Waals surface area contributed by atoms with Gasteiger partial charge in [0.1, 0.15) is 18.5 Å². The van der Waals surface area contributed by atoms with Crippen LogP contribution in [0.3, 0.4) is 0 Å². The number of aryl methyl sites for hydroxylation is 2. The lowest BCUT2D eigenvalue weighted by Gasteiger charge is -2.32. The van der Waals surface area contributed by atoms with E-state index >= 15 is 0 Å². The average molecular weight is 291 g/mol. The molecule has 118 valence electrons. The van der Waals surface area contributed by atoms with Gasteiger partial charge in [-0.15, -0.1) is 0 Å². The normalized spacial score (nSPS) is 18.0. The molecule has 0 bridgehead atoms. The van der Waals surface area contributed by atoms with Crippen LogP contribution >= 0.6 is 0 Å². The predicted octanol–water partition coefficient (Wildman–Crippen LogP) is 3.31. The summed E-state index contributed by atoms with van der Waals surface area (Å²) < 4.78 is 5.84. The number of ether oxygens (including phenoxy) is 1. The first kappa shape index (κ1) is 16.3. The van der Waals surface area contributed by atoms with E-state index in [4.69, 9.17) is 4.74 Å². The second kappa shape index (κ2) is 7.81. The van der Waals surface area contributed by atoms with E-state index in [1.54, 1.807) is 0 Å². The van der Waals surface area contributed by atoms with Gasteiger partial charge in [0.2, 0.25) is 0 Å². The standard InChI is InChI=1S/C18H29NO2/c1-14-8-7-9-15(2)18(14)21-13-17(20)12-19(3)16-10-5-4-6-11-16/h7-9,16-17,20H,4-6,10-13H2,1-3H3. The predicted molar refractivity (Wildman–Crippen MR) is 86.9 cm³/mol. The largest absolute Gasteiger partial charge is 0.490 e. The van der Waals surface area contributed by atoms with Crippen molar-refractivity contribution in [3.8, 4) is 5.75 Å². The Morgan fingerprint density at radius 2 is 1.81 bits per heavy atom. The Hall–Kier alpha value is -1.06. The van der Waals surface area contributed by atoms with Gasteiger partial charge >= 0.3 is 0 Å². The fraction of sp³-hybridized carbons (Fsp3) is 0.667. The van der Waals surface area contributed by atoms with Crippen LogP contribution in [0.4, 0.5) is 0 Å². The molecule has 1 unspecified atom stereocenters. The Bertz CT molecular complexity index is 421. The Labute approximate surface area is 128 Å². The van der Waals surface area contributed by atoms with Crippen molar-refractivity contribution in [1.29, 1.82) is 0 Å². The molecule has 3 nitrogen and oxygen atoms in total. The molecule has 1 aliphatic carbocycles. The highest BCUT2D eigenvalue weighted by atomic mass is 16.5. The second-order valence-corrected chi connectivity index (χ2v) is 6.42. The summed E-state index contributed by atoms with van der Waals surface area (Å²) in [7, 11) is 2.12. The minimum absolute atomic E-state index is 0.364. The number of benzene rings is 1. The minimum atomic E-state index is -0.434. The van der Waals surface area contributed by atoms with Crippen molar-refractivity contribution < 1.29 is 9.84 Å². The van der Waals surface area contributed by atoms with E-state index < -0.39 is 6.10 Å². The van der Waals surface area contributed by atoms with Gasteiger partial charge in [0.05, 0.1) is 0 Å². The number of aliphatic hydroxyl groups excluding tert-OH is 1.